The van der Waals surface area contributed by atoms with Crippen molar-refractivity contribution >= 4 is 17.3 Å². The zero-order valence-electron chi connectivity index (χ0n) is 10.8. The Balaban J connectivity index is 2.14. The van der Waals surface area contributed by atoms with Gasteiger partial charge in [0.2, 0.25) is 0 Å². The number of aryl methyl sites for hydroxylation is 1. The van der Waals surface area contributed by atoms with Crippen molar-refractivity contribution in [3.8, 4) is 5.75 Å². The zero-order chi connectivity index (χ0) is 13.8. The summed E-state index contributed by atoms with van der Waals surface area (Å²) in [6.07, 6.45) is 0. The monoisotopic (exact) mass is 279 g/mol. The molecule has 2 nitrogen and oxygen atoms in total. The molecule has 0 radical (unpaired) electrons. The Morgan fingerprint density at radius 3 is 2.68 bits per heavy atom. The first-order valence-electron chi connectivity index (χ1n) is 5.92. The second-order valence-electron chi connectivity index (χ2n) is 4.27. The lowest BCUT2D eigenvalue weighted by Crippen LogP contribution is -2.02. The van der Waals surface area contributed by atoms with E-state index >= 15 is 0 Å². The van der Waals surface area contributed by atoms with E-state index in [4.69, 9.17) is 16.3 Å². The van der Waals surface area contributed by atoms with Crippen LogP contribution in [0.4, 0.5) is 10.1 Å². The maximum Gasteiger partial charge on any atom is 0.123 e. The Kier molecular flexibility index (Phi) is 4.27. The van der Waals surface area contributed by atoms with Crippen molar-refractivity contribution in [2.45, 2.75) is 13.5 Å². The van der Waals surface area contributed by atoms with Crippen LogP contribution >= 0.6 is 11.6 Å². The van der Waals surface area contributed by atoms with Crippen molar-refractivity contribution in [1.82, 2.24) is 0 Å². The van der Waals surface area contributed by atoms with Gasteiger partial charge >= 0.3 is 0 Å². The highest BCUT2D eigenvalue weighted by atomic mass is 35.5. The molecule has 19 heavy (non-hydrogen) atoms. The van der Waals surface area contributed by atoms with Gasteiger partial charge in [0.15, 0.2) is 0 Å². The summed E-state index contributed by atoms with van der Waals surface area (Å²) in [6.45, 7) is 2.46. The van der Waals surface area contributed by atoms with Crippen LogP contribution in [0.15, 0.2) is 36.4 Å². The molecule has 0 unspecified atom stereocenters. The Hall–Kier alpha value is -1.74. The van der Waals surface area contributed by atoms with Crippen LogP contribution < -0.4 is 10.1 Å². The molecule has 1 N–H and O–H groups in total. The van der Waals surface area contributed by atoms with E-state index in [0.29, 0.717) is 11.6 Å². The number of halogens is 2. The lowest BCUT2D eigenvalue weighted by Gasteiger charge is -2.11. The summed E-state index contributed by atoms with van der Waals surface area (Å²) in [5, 5.41) is 3.86. The number of anilines is 1. The van der Waals surface area contributed by atoms with Crippen molar-refractivity contribution in [3.63, 3.8) is 0 Å². The van der Waals surface area contributed by atoms with Crippen LogP contribution in [0.5, 0.6) is 5.75 Å². The predicted molar refractivity (Wildman–Crippen MR) is 76.5 cm³/mol. The summed E-state index contributed by atoms with van der Waals surface area (Å²) in [6, 6.07) is 10.2. The first kappa shape index (κ1) is 13.7. The minimum absolute atomic E-state index is 0.222. The third-order valence-electron chi connectivity index (χ3n) is 2.95. The van der Waals surface area contributed by atoms with Gasteiger partial charge < -0.3 is 10.1 Å². The maximum absolute atomic E-state index is 13.0. The van der Waals surface area contributed by atoms with Crippen LogP contribution in [-0.2, 0) is 6.54 Å². The molecule has 2 rings (SSSR count). The topological polar surface area (TPSA) is 21.3 Å². The van der Waals surface area contributed by atoms with Gasteiger partial charge in [-0.15, -0.1) is 0 Å². The maximum atomic E-state index is 13.0. The van der Waals surface area contributed by atoms with Crippen LogP contribution in [0, 0.1) is 12.7 Å². The van der Waals surface area contributed by atoms with Gasteiger partial charge in [-0.3, -0.25) is 0 Å². The Labute approximate surface area is 117 Å². The van der Waals surface area contributed by atoms with Crippen LogP contribution in [0.25, 0.3) is 0 Å². The molecule has 0 aliphatic heterocycles. The fraction of sp³-hybridized carbons (Fsp3) is 0.200. The number of hydrogen-bond donors (Lipinski definition) is 1. The molecule has 0 aliphatic rings. The van der Waals surface area contributed by atoms with E-state index < -0.39 is 0 Å². The zero-order valence-corrected chi connectivity index (χ0v) is 11.6. The standard InChI is InChI=1S/C15H15ClFNO/c1-10-7-12(17)4-3-11(10)9-18-15-8-13(19-2)5-6-14(15)16/h3-8,18H,9H2,1-2H3. The van der Waals surface area contributed by atoms with E-state index in [1.807, 2.05) is 13.0 Å². The van der Waals surface area contributed by atoms with E-state index in [1.165, 1.54) is 12.1 Å². The van der Waals surface area contributed by atoms with E-state index in [9.17, 15) is 4.39 Å². The Morgan fingerprint density at radius 1 is 1.21 bits per heavy atom. The summed E-state index contributed by atoms with van der Waals surface area (Å²) in [4.78, 5) is 0. The molecule has 0 amide bonds. The van der Waals surface area contributed by atoms with Crippen molar-refractivity contribution < 1.29 is 9.13 Å². The molecular formula is C15H15ClFNO. The molecule has 0 spiro atoms. The van der Waals surface area contributed by atoms with Crippen LogP contribution in [0.2, 0.25) is 5.02 Å². The second kappa shape index (κ2) is 5.93. The normalized spacial score (nSPS) is 10.3. The van der Waals surface area contributed by atoms with Gasteiger partial charge in [0.1, 0.15) is 11.6 Å². The van der Waals surface area contributed by atoms with E-state index in [-0.39, 0.29) is 5.82 Å². The molecule has 0 aromatic heterocycles. The molecule has 0 heterocycles. The highest BCUT2D eigenvalue weighted by Crippen LogP contribution is 2.27. The van der Waals surface area contributed by atoms with Gasteiger partial charge in [-0.25, -0.2) is 4.39 Å². The average Bonchev–Trinajstić information content (AvgIpc) is 2.39. The third-order valence-corrected chi connectivity index (χ3v) is 3.28. The number of benzene rings is 2. The highest BCUT2D eigenvalue weighted by Gasteiger charge is 2.04. The number of hydrogen-bond acceptors (Lipinski definition) is 2. The molecule has 2 aromatic rings. The molecule has 0 bridgehead atoms. The van der Waals surface area contributed by atoms with Gasteiger partial charge in [0.25, 0.3) is 0 Å². The molecule has 2 aromatic carbocycles. The lowest BCUT2D eigenvalue weighted by molar-refractivity contribution is 0.415. The molecule has 100 valence electrons. The molecule has 4 heteroatoms. The van der Waals surface area contributed by atoms with Crippen LogP contribution in [0.1, 0.15) is 11.1 Å². The lowest BCUT2D eigenvalue weighted by atomic mass is 10.1. The predicted octanol–water partition coefficient (Wildman–Crippen LogP) is 4.41. The van der Waals surface area contributed by atoms with Gasteiger partial charge in [-0.1, -0.05) is 17.7 Å². The van der Waals surface area contributed by atoms with Gasteiger partial charge in [-0.2, -0.15) is 0 Å². The molecule has 0 saturated heterocycles. The van der Waals surface area contributed by atoms with Crippen molar-refractivity contribution in [2.24, 2.45) is 0 Å². The first-order valence-corrected chi connectivity index (χ1v) is 6.30. The Morgan fingerprint density at radius 2 is 2.00 bits per heavy atom. The van der Waals surface area contributed by atoms with E-state index in [1.54, 1.807) is 25.3 Å². The van der Waals surface area contributed by atoms with Crippen LogP contribution in [0.3, 0.4) is 0 Å². The largest absolute Gasteiger partial charge is 0.497 e. The fourth-order valence-corrected chi connectivity index (χ4v) is 2.00. The van der Waals surface area contributed by atoms with E-state index in [2.05, 4.69) is 5.32 Å². The Bertz CT molecular complexity index is 586. The quantitative estimate of drug-likeness (QED) is 0.895. The number of methoxy groups -OCH3 is 1. The molecule has 0 saturated carbocycles. The fourth-order valence-electron chi connectivity index (χ4n) is 1.81. The first-order chi connectivity index (χ1) is 9.10. The second-order valence-corrected chi connectivity index (χ2v) is 4.68. The molecule has 0 atom stereocenters. The number of ether oxygens (including phenoxy) is 1. The summed E-state index contributed by atoms with van der Waals surface area (Å²) in [7, 11) is 1.61. The highest BCUT2D eigenvalue weighted by molar-refractivity contribution is 6.33. The third kappa shape index (κ3) is 3.38. The summed E-state index contributed by atoms with van der Waals surface area (Å²) in [5.74, 6) is 0.517. The van der Waals surface area contributed by atoms with E-state index in [0.717, 1.165) is 22.6 Å². The smallest absolute Gasteiger partial charge is 0.123 e. The average molecular weight is 280 g/mol. The number of rotatable bonds is 4. The molecule has 0 fully saturated rings. The summed E-state index contributed by atoms with van der Waals surface area (Å²) in [5.41, 5.74) is 2.73. The van der Waals surface area contributed by atoms with Gasteiger partial charge in [0.05, 0.1) is 17.8 Å². The van der Waals surface area contributed by atoms with Gasteiger partial charge in [0, 0.05) is 12.6 Å². The SMILES string of the molecule is COc1ccc(Cl)c(NCc2ccc(F)cc2C)c1. The number of nitrogens with one attached hydrogen (secondary N) is 1. The minimum Gasteiger partial charge on any atom is -0.497 e. The van der Waals surface area contributed by atoms with Crippen molar-refractivity contribution in [3.05, 3.63) is 58.4 Å². The molecule has 0 aliphatic carbocycles. The van der Waals surface area contributed by atoms with Gasteiger partial charge in [-0.05, 0) is 42.3 Å². The van der Waals surface area contributed by atoms with Crippen LogP contribution in [-0.4, -0.2) is 7.11 Å². The van der Waals surface area contributed by atoms with Crippen molar-refractivity contribution in [1.29, 1.82) is 0 Å². The van der Waals surface area contributed by atoms with Crippen molar-refractivity contribution in [2.75, 3.05) is 12.4 Å². The minimum atomic E-state index is -0.222. The summed E-state index contributed by atoms with van der Waals surface area (Å²) < 4.78 is 18.2. The molecular weight excluding hydrogens is 265 g/mol. The summed E-state index contributed by atoms with van der Waals surface area (Å²) >= 11 is 6.11.